The topological polar surface area (TPSA) is 50.2 Å². The molecule has 1 N–H and O–H groups in total. The van der Waals surface area contributed by atoms with Gasteiger partial charge in [-0.1, -0.05) is 6.07 Å². The van der Waals surface area contributed by atoms with E-state index in [1.165, 1.54) is 0 Å². The maximum absolute atomic E-state index is 12.4. The number of carbonyl (C=O) groups is 1. The molecule has 0 aliphatic carbocycles. The summed E-state index contributed by atoms with van der Waals surface area (Å²) in [5.74, 6) is 1.09. The lowest BCUT2D eigenvalue weighted by Crippen LogP contribution is -2.30. The maximum Gasteiger partial charge on any atom is 0.228 e. The molecule has 5 nitrogen and oxygen atoms in total. The summed E-state index contributed by atoms with van der Waals surface area (Å²) in [5.41, 5.74) is 1.92. The van der Waals surface area contributed by atoms with Gasteiger partial charge in [0.25, 0.3) is 0 Å². The van der Waals surface area contributed by atoms with Gasteiger partial charge >= 0.3 is 0 Å². The highest BCUT2D eigenvalue weighted by Gasteiger charge is 2.25. The van der Waals surface area contributed by atoms with E-state index in [2.05, 4.69) is 14.9 Å². The highest BCUT2D eigenvalue weighted by Crippen LogP contribution is 2.22. The quantitative estimate of drug-likeness (QED) is 0.939. The molecular formula is C16H20N4O. The third-order valence-electron chi connectivity index (χ3n) is 3.95. The molecule has 1 aromatic heterocycles. The lowest BCUT2D eigenvalue weighted by atomic mass is 9.97. The van der Waals surface area contributed by atoms with E-state index >= 15 is 0 Å². The van der Waals surface area contributed by atoms with Crippen molar-refractivity contribution < 1.29 is 4.79 Å². The van der Waals surface area contributed by atoms with Crippen molar-refractivity contribution in [2.45, 2.75) is 19.4 Å². The van der Waals surface area contributed by atoms with Crippen LogP contribution in [0.5, 0.6) is 0 Å². The highest BCUT2D eigenvalue weighted by molar-refractivity contribution is 5.93. The van der Waals surface area contributed by atoms with E-state index in [0.29, 0.717) is 6.42 Å². The fourth-order valence-corrected chi connectivity index (χ4v) is 2.68. The number of carbonyl (C=O) groups excluding carboxylic acids is 1. The van der Waals surface area contributed by atoms with Crippen LogP contribution >= 0.6 is 0 Å². The van der Waals surface area contributed by atoms with Crippen LogP contribution in [0.15, 0.2) is 36.7 Å². The number of fused-ring (bicyclic) bond motifs is 1. The van der Waals surface area contributed by atoms with Gasteiger partial charge in [0.05, 0.1) is 0 Å². The van der Waals surface area contributed by atoms with E-state index < -0.39 is 0 Å². The van der Waals surface area contributed by atoms with Gasteiger partial charge in [-0.05, 0) is 24.6 Å². The van der Waals surface area contributed by atoms with Gasteiger partial charge in [-0.3, -0.25) is 4.79 Å². The number of rotatable bonds is 3. The Morgan fingerprint density at radius 3 is 3.10 bits per heavy atom. The minimum Gasteiger partial charge on any atom is -0.378 e. The van der Waals surface area contributed by atoms with Crippen LogP contribution in [-0.2, 0) is 17.8 Å². The van der Waals surface area contributed by atoms with Crippen LogP contribution in [0.1, 0.15) is 12.2 Å². The van der Waals surface area contributed by atoms with Gasteiger partial charge in [-0.25, -0.2) is 4.98 Å². The smallest absolute Gasteiger partial charge is 0.228 e. The number of benzene rings is 1. The van der Waals surface area contributed by atoms with Crippen LogP contribution in [-0.4, -0.2) is 29.6 Å². The van der Waals surface area contributed by atoms with Gasteiger partial charge in [0.15, 0.2) is 0 Å². The summed E-state index contributed by atoms with van der Waals surface area (Å²) in [4.78, 5) is 18.7. The largest absolute Gasteiger partial charge is 0.378 e. The number of nitrogens with one attached hydrogen (secondary N) is 1. The molecule has 5 heteroatoms. The first kappa shape index (κ1) is 13.7. The van der Waals surface area contributed by atoms with Crippen molar-refractivity contribution in [2.75, 3.05) is 24.3 Å². The molecule has 2 aromatic rings. The second-order valence-corrected chi connectivity index (χ2v) is 5.66. The molecule has 1 aromatic carbocycles. The molecule has 2 heterocycles. The number of anilines is 2. The second-order valence-electron chi connectivity index (χ2n) is 5.66. The third kappa shape index (κ3) is 2.91. The number of imidazole rings is 1. The third-order valence-corrected chi connectivity index (χ3v) is 3.95. The zero-order valence-electron chi connectivity index (χ0n) is 12.4. The number of aromatic nitrogens is 2. The van der Waals surface area contributed by atoms with Crippen LogP contribution in [0, 0.1) is 5.92 Å². The van der Waals surface area contributed by atoms with E-state index in [1.54, 1.807) is 6.20 Å². The first-order valence-corrected chi connectivity index (χ1v) is 7.22. The van der Waals surface area contributed by atoms with Crippen molar-refractivity contribution in [3.63, 3.8) is 0 Å². The maximum atomic E-state index is 12.4. The van der Waals surface area contributed by atoms with Crippen molar-refractivity contribution in [1.29, 1.82) is 0 Å². The number of hydrogen-bond acceptors (Lipinski definition) is 3. The molecule has 1 aliphatic heterocycles. The molecule has 0 saturated carbocycles. The molecule has 110 valence electrons. The van der Waals surface area contributed by atoms with Gasteiger partial charge in [-0.2, -0.15) is 0 Å². The molecule has 0 bridgehead atoms. The first-order chi connectivity index (χ1) is 10.1. The normalized spacial score (nSPS) is 17.1. The number of amides is 1. The van der Waals surface area contributed by atoms with Gasteiger partial charge in [-0.15, -0.1) is 0 Å². The molecule has 1 aliphatic rings. The van der Waals surface area contributed by atoms with Crippen molar-refractivity contribution in [1.82, 2.24) is 9.55 Å². The highest BCUT2D eigenvalue weighted by atomic mass is 16.1. The van der Waals surface area contributed by atoms with E-state index in [0.717, 1.165) is 30.2 Å². The molecule has 0 saturated heterocycles. The summed E-state index contributed by atoms with van der Waals surface area (Å²) in [5, 5.41) is 3.03. The summed E-state index contributed by atoms with van der Waals surface area (Å²) in [6.45, 7) is 0.866. The Kier molecular flexibility index (Phi) is 3.64. The Balaban J connectivity index is 1.68. The molecule has 1 unspecified atom stereocenters. The molecule has 0 radical (unpaired) electrons. The average molecular weight is 284 g/mol. The Bertz CT molecular complexity index is 647. The van der Waals surface area contributed by atoms with Gasteiger partial charge in [0.1, 0.15) is 5.82 Å². The molecule has 0 fully saturated rings. The van der Waals surface area contributed by atoms with Gasteiger partial charge < -0.3 is 14.8 Å². The average Bonchev–Trinajstić information content (AvgIpc) is 2.94. The molecule has 0 spiro atoms. The van der Waals surface area contributed by atoms with Gasteiger partial charge in [0, 0.05) is 56.7 Å². The van der Waals surface area contributed by atoms with Gasteiger partial charge in [0.2, 0.25) is 5.91 Å². The molecule has 21 heavy (non-hydrogen) atoms. The predicted molar refractivity (Wildman–Crippen MR) is 83.4 cm³/mol. The minimum absolute atomic E-state index is 0.00270. The number of nitrogens with zero attached hydrogens (tertiary/aromatic N) is 3. The van der Waals surface area contributed by atoms with E-state index in [9.17, 15) is 4.79 Å². The number of aryl methyl sites for hydroxylation is 1. The Hall–Kier alpha value is -2.30. The van der Waals surface area contributed by atoms with Crippen molar-refractivity contribution in [2.24, 2.45) is 5.92 Å². The Labute approximate surface area is 124 Å². The SMILES string of the molecule is CN(C)c1cccc(NC(=O)C2CCn3ccnc3C2)c1. The Morgan fingerprint density at radius 2 is 2.29 bits per heavy atom. The van der Waals surface area contributed by atoms with E-state index in [-0.39, 0.29) is 11.8 Å². The first-order valence-electron chi connectivity index (χ1n) is 7.22. The fraction of sp³-hybridized carbons (Fsp3) is 0.375. The van der Waals surface area contributed by atoms with E-state index in [1.807, 2.05) is 49.5 Å². The van der Waals surface area contributed by atoms with Crippen molar-refractivity contribution in [3.8, 4) is 0 Å². The van der Waals surface area contributed by atoms with Crippen molar-refractivity contribution in [3.05, 3.63) is 42.5 Å². The van der Waals surface area contributed by atoms with Crippen LogP contribution in [0.25, 0.3) is 0 Å². The second kappa shape index (κ2) is 5.60. The summed E-state index contributed by atoms with van der Waals surface area (Å²) in [6.07, 6.45) is 5.36. The van der Waals surface area contributed by atoms with Crippen LogP contribution in [0.4, 0.5) is 11.4 Å². The zero-order valence-corrected chi connectivity index (χ0v) is 12.4. The lowest BCUT2D eigenvalue weighted by Gasteiger charge is -2.23. The summed E-state index contributed by atoms with van der Waals surface area (Å²) in [7, 11) is 3.98. The van der Waals surface area contributed by atoms with Crippen molar-refractivity contribution >= 4 is 17.3 Å². The fourth-order valence-electron chi connectivity index (χ4n) is 2.68. The zero-order chi connectivity index (χ0) is 14.8. The standard InChI is InChI=1S/C16H20N4O/c1-19(2)14-5-3-4-13(11-14)18-16(21)12-6-8-20-9-7-17-15(20)10-12/h3-5,7,9,11-12H,6,8,10H2,1-2H3,(H,18,21). The minimum atomic E-state index is 0.00270. The summed E-state index contributed by atoms with van der Waals surface area (Å²) in [6, 6.07) is 7.89. The van der Waals surface area contributed by atoms with Crippen LogP contribution in [0.3, 0.4) is 0 Å². The molecule has 1 atom stereocenters. The summed E-state index contributed by atoms with van der Waals surface area (Å²) >= 11 is 0. The molecular weight excluding hydrogens is 264 g/mol. The monoisotopic (exact) mass is 284 g/mol. The molecule has 3 rings (SSSR count). The molecule has 1 amide bonds. The Morgan fingerprint density at radius 1 is 1.43 bits per heavy atom. The number of hydrogen-bond donors (Lipinski definition) is 1. The van der Waals surface area contributed by atoms with E-state index in [4.69, 9.17) is 0 Å². The summed E-state index contributed by atoms with van der Waals surface area (Å²) < 4.78 is 2.12. The lowest BCUT2D eigenvalue weighted by molar-refractivity contribution is -0.120. The van der Waals surface area contributed by atoms with Crippen LogP contribution < -0.4 is 10.2 Å². The predicted octanol–water partition coefficient (Wildman–Crippen LogP) is 2.15. The van der Waals surface area contributed by atoms with Crippen LogP contribution in [0.2, 0.25) is 0 Å².